The zero-order valence-electron chi connectivity index (χ0n) is 9.43. The number of hydrogen-bond acceptors (Lipinski definition) is 3. The fraction of sp³-hybridized carbons (Fsp3) is 0.286. The topological polar surface area (TPSA) is 39.2 Å². The summed E-state index contributed by atoms with van der Waals surface area (Å²) in [6, 6.07) is 9.64. The number of nitrogens with zero attached hydrogens (tertiary/aromatic N) is 1. The van der Waals surface area contributed by atoms with Crippen LogP contribution in [-0.4, -0.2) is 24.5 Å². The van der Waals surface area contributed by atoms with Crippen molar-refractivity contribution in [2.45, 2.75) is 12.3 Å². The molecule has 1 aromatic heterocycles. The molecular weight excluding hydrogens is 214 g/mol. The lowest BCUT2D eigenvalue weighted by Crippen LogP contribution is -2.00. The monoisotopic (exact) mass is 227 g/mol. The molecule has 86 valence electrons. The van der Waals surface area contributed by atoms with E-state index in [1.807, 2.05) is 24.3 Å². The Balaban J connectivity index is 2.03. The molecule has 0 aliphatic carbocycles. The van der Waals surface area contributed by atoms with E-state index in [1.165, 1.54) is 0 Å². The molecule has 0 unspecified atom stereocenters. The average Bonchev–Trinajstić information content (AvgIpc) is 2.91. The van der Waals surface area contributed by atoms with Gasteiger partial charge in [-0.2, -0.15) is 0 Å². The van der Waals surface area contributed by atoms with Crippen LogP contribution in [0.5, 0.6) is 0 Å². The first-order valence-corrected chi connectivity index (χ1v) is 5.80. The van der Waals surface area contributed by atoms with Gasteiger partial charge in [-0.1, -0.05) is 6.07 Å². The van der Waals surface area contributed by atoms with Crippen LogP contribution in [0.1, 0.15) is 28.4 Å². The third-order valence-electron chi connectivity index (χ3n) is 3.22. The smallest absolute Gasteiger partial charge is 0.150 e. The van der Waals surface area contributed by atoms with Crippen molar-refractivity contribution in [2.75, 3.05) is 13.2 Å². The number of hydrogen-bond donors (Lipinski definition) is 0. The van der Waals surface area contributed by atoms with Crippen molar-refractivity contribution < 1.29 is 9.53 Å². The Labute approximate surface area is 99.4 Å². The van der Waals surface area contributed by atoms with Crippen molar-refractivity contribution in [3.63, 3.8) is 0 Å². The van der Waals surface area contributed by atoms with Crippen molar-refractivity contribution in [3.8, 4) is 0 Å². The maximum absolute atomic E-state index is 10.7. The molecule has 0 saturated carbocycles. The number of benzene rings is 1. The van der Waals surface area contributed by atoms with Crippen LogP contribution in [-0.2, 0) is 4.74 Å². The highest BCUT2D eigenvalue weighted by Crippen LogP contribution is 2.25. The van der Waals surface area contributed by atoms with Gasteiger partial charge < -0.3 is 4.74 Å². The first kappa shape index (κ1) is 10.4. The van der Waals surface area contributed by atoms with Crippen LogP contribution in [0.3, 0.4) is 0 Å². The molecule has 1 atom stereocenters. The molecule has 1 fully saturated rings. The molecule has 0 amide bonds. The van der Waals surface area contributed by atoms with Crippen LogP contribution >= 0.6 is 0 Å². The molecule has 0 radical (unpaired) electrons. The molecule has 1 aliphatic rings. The molecule has 1 aromatic carbocycles. The minimum Gasteiger partial charge on any atom is -0.381 e. The van der Waals surface area contributed by atoms with Gasteiger partial charge in [-0.05, 0) is 30.7 Å². The van der Waals surface area contributed by atoms with Gasteiger partial charge in [-0.15, -0.1) is 0 Å². The molecule has 1 aliphatic heterocycles. The second kappa shape index (κ2) is 4.26. The number of aromatic nitrogens is 1. The van der Waals surface area contributed by atoms with Crippen LogP contribution in [0.25, 0.3) is 10.9 Å². The van der Waals surface area contributed by atoms with Crippen LogP contribution in [0.4, 0.5) is 0 Å². The third-order valence-corrected chi connectivity index (χ3v) is 3.22. The highest BCUT2D eigenvalue weighted by atomic mass is 16.5. The van der Waals surface area contributed by atoms with E-state index in [0.717, 1.165) is 42.5 Å². The summed E-state index contributed by atoms with van der Waals surface area (Å²) in [5.41, 5.74) is 2.73. The molecule has 0 spiro atoms. The van der Waals surface area contributed by atoms with Gasteiger partial charge in [-0.25, -0.2) is 0 Å². The SMILES string of the molecule is O=Cc1ccc2nc([C@H]3CCOC3)ccc2c1. The molecule has 0 bridgehead atoms. The second-order valence-corrected chi connectivity index (χ2v) is 4.37. The van der Waals surface area contributed by atoms with Gasteiger partial charge >= 0.3 is 0 Å². The lowest BCUT2D eigenvalue weighted by molar-refractivity contribution is 0.112. The average molecular weight is 227 g/mol. The van der Waals surface area contributed by atoms with Crippen molar-refractivity contribution in [1.29, 1.82) is 0 Å². The molecule has 1 saturated heterocycles. The lowest BCUT2D eigenvalue weighted by atomic mass is 10.0. The quantitative estimate of drug-likeness (QED) is 0.740. The predicted molar refractivity (Wildman–Crippen MR) is 65.3 cm³/mol. The normalized spacial score (nSPS) is 19.6. The van der Waals surface area contributed by atoms with Gasteiger partial charge in [0.05, 0.1) is 12.1 Å². The number of carbonyl (C=O) groups is 1. The molecule has 2 heterocycles. The summed E-state index contributed by atoms with van der Waals surface area (Å²) >= 11 is 0. The van der Waals surface area contributed by atoms with Gasteiger partial charge in [0, 0.05) is 29.2 Å². The predicted octanol–water partition coefficient (Wildman–Crippen LogP) is 2.55. The first-order chi connectivity index (χ1) is 8.36. The van der Waals surface area contributed by atoms with Crippen LogP contribution < -0.4 is 0 Å². The number of carbonyl (C=O) groups excluding carboxylic acids is 1. The summed E-state index contributed by atoms with van der Waals surface area (Å²) < 4.78 is 5.37. The van der Waals surface area contributed by atoms with E-state index in [1.54, 1.807) is 6.07 Å². The fourth-order valence-corrected chi connectivity index (χ4v) is 2.23. The molecule has 3 rings (SSSR count). The lowest BCUT2D eigenvalue weighted by Gasteiger charge is -2.08. The Bertz CT molecular complexity index is 559. The number of aldehydes is 1. The standard InChI is InChI=1S/C14H13NO2/c16-8-10-1-3-13-11(7-10)2-4-14(15-13)12-5-6-17-9-12/h1-4,7-8,12H,5-6,9H2/t12-/m0/s1. The summed E-state index contributed by atoms with van der Waals surface area (Å²) in [4.78, 5) is 15.3. The van der Waals surface area contributed by atoms with Gasteiger partial charge in [-0.3, -0.25) is 9.78 Å². The summed E-state index contributed by atoms with van der Waals surface area (Å²) in [5, 5.41) is 1.01. The van der Waals surface area contributed by atoms with Crippen LogP contribution in [0.2, 0.25) is 0 Å². The van der Waals surface area contributed by atoms with Crippen molar-refractivity contribution in [2.24, 2.45) is 0 Å². The van der Waals surface area contributed by atoms with E-state index >= 15 is 0 Å². The molecule has 17 heavy (non-hydrogen) atoms. The van der Waals surface area contributed by atoms with Gasteiger partial charge in [0.1, 0.15) is 6.29 Å². The van der Waals surface area contributed by atoms with E-state index in [0.29, 0.717) is 11.5 Å². The minimum absolute atomic E-state index is 0.421. The molecule has 3 nitrogen and oxygen atoms in total. The summed E-state index contributed by atoms with van der Waals surface area (Å²) in [7, 11) is 0. The molecule has 3 heteroatoms. The van der Waals surface area contributed by atoms with Crippen molar-refractivity contribution in [1.82, 2.24) is 4.98 Å². The van der Waals surface area contributed by atoms with Crippen molar-refractivity contribution >= 4 is 17.2 Å². The van der Waals surface area contributed by atoms with Crippen LogP contribution in [0.15, 0.2) is 30.3 Å². The largest absolute Gasteiger partial charge is 0.381 e. The molecule has 0 N–H and O–H groups in total. The highest BCUT2D eigenvalue weighted by Gasteiger charge is 2.18. The zero-order chi connectivity index (χ0) is 11.7. The van der Waals surface area contributed by atoms with E-state index in [2.05, 4.69) is 4.98 Å². The van der Waals surface area contributed by atoms with Crippen LogP contribution in [0, 0.1) is 0 Å². The fourth-order valence-electron chi connectivity index (χ4n) is 2.23. The number of pyridine rings is 1. The second-order valence-electron chi connectivity index (χ2n) is 4.37. The van der Waals surface area contributed by atoms with E-state index in [4.69, 9.17) is 4.74 Å². The zero-order valence-corrected chi connectivity index (χ0v) is 9.43. The Morgan fingerprint density at radius 2 is 2.24 bits per heavy atom. The maximum atomic E-state index is 10.7. The Morgan fingerprint density at radius 1 is 1.29 bits per heavy atom. The van der Waals surface area contributed by atoms with E-state index in [-0.39, 0.29) is 0 Å². The summed E-state index contributed by atoms with van der Waals surface area (Å²) in [5.74, 6) is 0.421. The maximum Gasteiger partial charge on any atom is 0.150 e. The molecular formula is C14H13NO2. The molecule has 2 aromatic rings. The van der Waals surface area contributed by atoms with E-state index < -0.39 is 0 Å². The Hall–Kier alpha value is -1.74. The Morgan fingerprint density at radius 3 is 3.00 bits per heavy atom. The Kier molecular flexibility index (Phi) is 2.61. The number of fused-ring (bicyclic) bond motifs is 1. The van der Waals surface area contributed by atoms with Gasteiger partial charge in [0.2, 0.25) is 0 Å². The third kappa shape index (κ3) is 1.94. The number of ether oxygens (including phenoxy) is 1. The minimum atomic E-state index is 0.421. The number of rotatable bonds is 2. The van der Waals surface area contributed by atoms with Gasteiger partial charge in [0.25, 0.3) is 0 Å². The van der Waals surface area contributed by atoms with Gasteiger partial charge in [0.15, 0.2) is 0 Å². The van der Waals surface area contributed by atoms with E-state index in [9.17, 15) is 4.79 Å². The highest BCUT2D eigenvalue weighted by molar-refractivity contribution is 5.86. The first-order valence-electron chi connectivity index (χ1n) is 5.80. The van der Waals surface area contributed by atoms with Crippen molar-refractivity contribution in [3.05, 3.63) is 41.6 Å². The summed E-state index contributed by atoms with van der Waals surface area (Å²) in [6.45, 7) is 1.60. The summed E-state index contributed by atoms with van der Waals surface area (Å²) in [6.07, 6.45) is 1.91.